The van der Waals surface area contributed by atoms with Crippen molar-refractivity contribution >= 4 is 10.1 Å². The van der Waals surface area contributed by atoms with E-state index >= 15 is 0 Å². The molecule has 0 saturated carbocycles. The Morgan fingerprint density at radius 2 is 1.31 bits per heavy atom. The van der Waals surface area contributed by atoms with Gasteiger partial charge < -0.3 is 9.29 Å². The standard InChI is InChI=1S/C24H34O4S/c1-2-3-4-5-6-7-8-9-10-11-14-21-15-12-13-16-24(21)29(26,27)28-23-19-17-22(25)18-20-23/h12-13,15-20,25H,2-11,14H2,1H3. The van der Waals surface area contributed by atoms with Gasteiger partial charge >= 0.3 is 10.1 Å². The summed E-state index contributed by atoms with van der Waals surface area (Å²) in [6.45, 7) is 2.24. The Morgan fingerprint density at radius 3 is 1.93 bits per heavy atom. The quantitative estimate of drug-likeness (QED) is 0.276. The van der Waals surface area contributed by atoms with E-state index in [2.05, 4.69) is 6.92 Å². The maximum Gasteiger partial charge on any atom is 0.339 e. The third-order valence-corrected chi connectivity index (χ3v) is 6.43. The SMILES string of the molecule is CCCCCCCCCCCCc1ccccc1S(=O)(=O)Oc1ccc(O)cc1. The number of rotatable bonds is 14. The highest BCUT2D eigenvalue weighted by Crippen LogP contribution is 2.24. The molecule has 0 aromatic heterocycles. The molecule has 160 valence electrons. The first-order valence-corrected chi connectivity index (χ1v) is 12.2. The number of aryl methyl sites for hydroxylation is 1. The zero-order chi connectivity index (χ0) is 21.0. The molecule has 29 heavy (non-hydrogen) atoms. The minimum Gasteiger partial charge on any atom is -0.508 e. The predicted octanol–water partition coefficient (Wildman–Crippen LogP) is 6.62. The number of hydrogen-bond donors (Lipinski definition) is 1. The molecule has 0 bridgehead atoms. The molecule has 2 aromatic rings. The van der Waals surface area contributed by atoms with E-state index in [1.807, 2.05) is 12.1 Å². The summed E-state index contributed by atoms with van der Waals surface area (Å²) in [4.78, 5) is 0.226. The first kappa shape index (κ1) is 23.3. The molecule has 0 aliphatic rings. The number of phenols is 1. The lowest BCUT2D eigenvalue weighted by Gasteiger charge is -2.11. The van der Waals surface area contributed by atoms with Gasteiger partial charge in [0.05, 0.1) is 0 Å². The van der Waals surface area contributed by atoms with Gasteiger partial charge in [-0.05, 0) is 48.7 Å². The normalized spacial score (nSPS) is 11.5. The van der Waals surface area contributed by atoms with Gasteiger partial charge in [0.15, 0.2) is 0 Å². The first-order chi connectivity index (χ1) is 14.0. The molecule has 0 heterocycles. The van der Waals surface area contributed by atoms with Crippen molar-refractivity contribution in [3.63, 3.8) is 0 Å². The predicted molar refractivity (Wildman–Crippen MR) is 118 cm³/mol. The van der Waals surface area contributed by atoms with E-state index in [1.165, 1.54) is 75.6 Å². The van der Waals surface area contributed by atoms with Gasteiger partial charge in [0.25, 0.3) is 0 Å². The lowest BCUT2D eigenvalue weighted by molar-refractivity contribution is 0.468. The Labute approximate surface area is 176 Å². The van der Waals surface area contributed by atoms with Gasteiger partial charge in [0.2, 0.25) is 0 Å². The summed E-state index contributed by atoms with van der Waals surface area (Å²) in [6, 6.07) is 12.7. The van der Waals surface area contributed by atoms with Crippen LogP contribution < -0.4 is 4.18 Å². The fourth-order valence-electron chi connectivity index (χ4n) is 3.43. The van der Waals surface area contributed by atoms with E-state index in [0.29, 0.717) is 0 Å². The lowest BCUT2D eigenvalue weighted by Crippen LogP contribution is -2.12. The summed E-state index contributed by atoms with van der Waals surface area (Å²) in [5.41, 5.74) is 0.797. The molecule has 4 nitrogen and oxygen atoms in total. The number of aromatic hydroxyl groups is 1. The van der Waals surface area contributed by atoms with Gasteiger partial charge in [0.1, 0.15) is 16.4 Å². The monoisotopic (exact) mass is 418 g/mol. The summed E-state index contributed by atoms with van der Waals surface area (Å²) in [7, 11) is -3.90. The number of phenolic OH excluding ortho intramolecular Hbond substituents is 1. The van der Waals surface area contributed by atoms with Gasteiger partial charge in [0, 0.05) is 0 Å². The molecule has 0 radical (unpaired) electrons. The van der Waals surface area contributed by atoms with Crippen LogP contribution in [0.25, 0.3) is 0 Å². The van der Waals surface area contributed by atoms with Crippen LogP contribution in [-0.2, 0) is 16.5 Å². The second kappa shape index (κ2) is 12.5. The van der Waals surface area contributed by atoms with E-state index < -0.39 is 10.1 Å². The molecule has 5 heteroatoms. The smallest absolute Gasteiger partial charge is 0.339 e. The molecule has 0 spiro atoms. The van der Waals surface area contributed by atoms with Crippen molar-refractivity contribution in [3.8, 4) is 11.5 Å². The van der Waals surface area contributed by atoms with Gasteiger partial charge in [-0.1, -0.05) is 82.9 Å². The molecule has 0 unspecified atom stereocenters. The second-order valence-corrected chi connectivity index (χ2v) is 9.09. The van der Waals surface area contributed by atoms with Crippen molar-refractivity contribution in [1.82, 2.24) is 0 Å². The van der Waals surface area contributed by atoms with Crippen LogP contribution in [0.15, 0.2) is 53.4 Å². The van der Waals surface area contributed by atoms with Gasteiger partial charge in [-0.25, -0.2) is 0 Å². The maximum absolute atomic E-state index is 12.7. The van der Waals surface area contributed by atoms with Crippen LogP contribution in [0.4, 0.5) is 0 Å². The molecule has 0 saturated heterocycles. The van der Waals surface area contributed by atoms with Crippen LogP contribution >= 0.6 is 0 Å². The molecular weight excluding hydrogens is 384 g/mol. The van der Waals surface area contributed by atoms with Crippen molar-refractivity contribution in [2.75, 3.05) is 0 Å². The summed E-state index contributed by atoms with van der Waals surface area (Å²) in [5, 5.41) is 9.33. The van der Waals surface area contributed by atoms with Gasteiger partial charge in [-0.15, -0.1) is 0 Å². The average molecular weight is 419 g/mol. The number of hydrogen-bond acceptors (Lipinski definition) is 4. The lowest BCUT2D eigenvalue weighted by atomic mass is 10.0. The number of unbranched alkanes of at least 4 members (excludes halogenated alkanes) is 9. The van der Waals surface area contributed by atoms with Gasteiger partial charge in [-0.2, -0.15) is 8.42 Å². The zero-order valence-corrected chi connectivity index (χ0v) is 18.3. The van der Waals surface area contributed by atoms with E-state index in [1.54, 1.807) is 12.1 Å². The van der Waals surface area contributed by atoms with Crippen LogP contribution in [0.1, 0.15) is 76.7 Å². The first-order valence-electron chi connectivity index (χ1n) is 10.8. The van der Waals surface area contributed by atoms with Crippen molar-refractivity contribution in [2.45, 2.75) is 82.4 Å². The van der Waals surface area contributed by atoms with Crippen LogP contribution in [0.3, 0.4) is 0 Å². The summed E-state index contributed by atoms with van der Waals surface area (Å²) in [6.07, 6.45) is 13.2. The Kier molecular flexibility index (Phi) is 10.1. The molecule has 0 amide bonds. The van der Waals surface area contributed by atoms with Crippen LogP contribution in [-0.4, -0.2) is 13.5 Å². The van der Waals surface area contributed by atoms with E-state index in [0.717, 1.165) is 24.8 Å². The van der Waals surface area contributed by atoms with Crippen molar-refractivity contribution in [1.29, 1.82) is 0 Å². The molecule has 0 atom stereocenters. The topological polar surface area (TPSA) is 63.6 Å². The zero-order valence-electron chi connectivity index (χ0n) is 17.5. The second-order valence-electron chi connectivity index (χ2n) is 7.57. The van der Waals surface area contributed by atoms with Crippen molar-refractivity contribution in [2.24, 2.45) is 0 Å². The minimum atomic E-state index is -3.90. The van der Waals surface area contributed by atoms with E-state index in [4.69, 9.17) is 4.18 Å². The van der Waals surface area contributed by atoms with Crippen LogP contribution in [0.5, 0.6) is 11.5 Å². The van der Waals surface area contributed by atoms with Crippen molar-refractivity contribution < 1.29 is 17.7 Å². The average Bonchev–Trinajstić information content (AvgIpc) is 2.71. The third kappa shape index (κ3) is 8.48. The van der Waals surface area contributed by atoms with Crippen LogP contribution in [0, 0.1) is 0 Å². The largest absolute Gasteiger partial charge is 0.508 e. The highest BCUT2D eigenvalue weighted by molar-refractivity contribution is 7.87. The van der Waals surface area contributed by atoms with E-state index in [-0.39, 0.29) is 16.4 Å². The Morgan fingerprint density at radius 1 is 0.759 bits per heavy atom. The fourth-order valence-corrected chi connectivity index (χ4v) is 4.62. The van der Waals surface area contributed by atoms with E-state index in [9.17, 15) is 13.5 Å². The molecule has 1 N–H and O–H groups in total. The molecule has 2 aromatic carbocycles. The molecule has 2 rings (SSSR count). The highest BCUT2D eigenvalue weighted by atomic mass is 32.2. The number of benzene rings is 2. The molecular formula is C24H34O4S. The summed E-state index contributed by atoms with van der Waals surface area (Å²) < 4.78 is 30.7. The molecule has 0 fully saturated rings. The Bertz CT molecular complexity index is 813. The Balaban J connectivity index is 1.80. The van der Waals surface area contributed by atoms with Crippen LogP contribution in [0.2, 0.25) is 0 Å². The third-order valence-electron chi connectivity index (χ3n) is 5.08. The fraction of sp³-hybridized carbons (Fsp3) is 0.500. The molecule has 0 aliphatic heterocycles. The maximum atomic E-state index is 12.7. The van der Waals surface area contributed by atoms with Gasteiger partial charge in [-0.3, -0.25) is 0 Å². The minimum absolute atomic E-state index is 0.0658. The Hall–Kier alpha value is -2.01. The summed E-state index contributed by atoms with van der Waals surface area (Å²) >= 11 is 0. The molecule has 0 aliphatic carbocycles. The summed E-state index contributed by atoms with van der Waals surface area (Å²) in [5.74, 6) is 0.257. The van der Waals surface area contributed by atoms with Crippen molar-refractivity contribution in [3.05, 3.63) is 54.1 Å². The highest BCUT2D eigenvalue weighted by Gasteiger charge is 2.20.